The van der Waals surface area contributed by atoms with Crippen molar-refractivity contribution < 1.29 is 18.7 Å². The third-order valence-corrected chi connectivity index (χ3v) is 4.69. The number of hydrogen-bond donors (Lipinski definition) is 0. The van der Waals surface area contributed by atoms with Gasteiger partial charge in [0.15, 0.2) is 0 Å². The first-order valence-corrected chi connectivity index (χ1v) is 8.41. The molecule has 23 heavy (non-hydrogen) atoms. The van der Waals surface area contributed by atoms with Gasteiger partial charge in [0.1, 0.15) is 5.82 Å². The number of rotatable bonds is 3. The molecule has 1 amide bonds. The highest BCUT2D eigenvalue weighted by Crippen LogP contribution is 2.21. The summed E-state index contributed by atoms with van der Waals surface area (Å²) in [6.45, 7) is 3.74. The SMILES string of the molecule is O=C(C1CCOCC1)N1CCOC[C@H](Cc2ccccc2F)C1. The molecule has 2 fully saturated rings. The van der Waals surface area contributed by atoms with Crippen LogP contribution in [0, 0.1) is 17.7 Å². The number of hydrogen-bond acceptors (Lipinski definition) is 3. The van der Waals surface area contributed by atoms with Crippen LogP contribution in [0.2, 0.25) is 0 Å². The molecule has 0 aliphatic carbocycles. The zero-order chi connectivity index (χ0) is 16.1. The summed E-state index contributed by atoms with van der Waals surface area (Å²) in [7, 11) is 0. The molecule has 0 unspecified atom stereocenters. The first-order chi connectivity index (χ1) is 11.2. The maximum atomic E-state index is 13.9. The molecule has 0 bridgehead atoms. The predicted molar refractivity (Wildman–Crippen MR) is 84.5 cm³/mol. The van der Waals surface area contributed by atoms with Crippen LogP contribution >= 0.6 is 0 Å². The highest BCUT2D eigenvalue weighted by atomic mass is 19.1. The Morgan fingerprint density at radius 3 is 2.74 bits per heavy atom. The molecule has 2 aliphatic heterocycles. The Balaban J connectivity index is 1.63. The highest BCUT2D eigenvalue weighted by Gasteiger charge is 2.29. The second kappa shape index (κ2) is 7.88. The Morgan fingerprint density at radius 2 is 1.96 bits per heavy atom. The number of carbonyl (C=O) groups is 1. The highest BCUT2D eigenvalue weighted by molar-refractivity contribution is 5.79. The van der Waals surface area contributed by atoms with E-state index in [2.05, 4.69) is 0 Å². The minimum absolute atomic E-state index is 0.0657. The second-order valence-electron chi connectivity index (χ2n) is 6.41. The number of halogens is 1. The van der Waals surface area contributed by atoms with Crippen molar-refractivity contribution in [1.82, 2.24) is 4.90 Å². The van der Waals surface area contributed by atoms with Gasteiger partial charge in [-0.15, -0.1) is 0 Å². The van der Waals surface area contributed by atoms with Gasteiger partial charge in [-0.1, -0.05) is 18.2 Å². The Kier molecular flexibility index (Phi) is 5.62. The standard InChI is InChI=1S/C18H24FNO3/c19-17-4-2-1-3-16(17)11-14-12-20(7-10-23-13-14)18(21)15-5-8-22-9-6-15/h1-4,14-15H,5-13H2/t14-/m1/s1. The fourth-order valence-electron chi connectivity index (χ4n) is 3.38. The fourth-order valence-corrected chi connectivity index (χ4v) is 3.38. The Bertz CT molecular complexity index is 531. The van der Waals surface area contributed by atoms with Crippen molar-refractivity contribution in [2.45, 2.75) is 19.3 Å². The van der Waals surface area contributed by atoms with Crippen LogP contribution in [-0.2, 0) is 20.7 Å². The van der Waals surface area contributed by atoms with Gasteiger partial charge in [-0.3, -0.25) is 4.79 Å². The van der Waals surface area contributed by atoms with Crippen LogP contribution in [0.1, 0.15) is 18.4 Å². The molecule has 1 atom stereocenters. The normalized spacial score (nSPS) is 23.5. The van der Waals surface area contributed by atoms with Crippen molar-refractivity contribution in [2.24, 2.45) is 11.8 Å². The summed E-state index contributed by atoms with van der Waals surface area (Å²) in [5.74, 6) is 0.227. The van der Waals surface area contributed by atoms with E-state index in [0.717, 1.165) is 12.8 Å². The average Bonchev–Trinajstić information content (AvgIpc) is 2.83. The lowest BCUT2D eigenvalue weighted by molar-refractivity contribution is -0.138. The van der Waals surface area contributed by atoms with Crippen molar-refractivity contribution in [3.8, 4) is 0 Å². The van der Waals surface area contributed by atoms with Crippen molar-refractivity contribution in [3.63, 3.8) is 0 Å². The van der Waals surface area contributed by atoms with Crippen molar-refractivity contribution in [2.75, 3.05) is 39.5 Å². The molecule has 126 valence electrons. The first kappa shape index (κ1) is 16.4. The van der Waals surface area contributed by atoms with E-state index in [1.165, 1.54) is 6.07 Å². The molecule has 0 radical (unpaired) electrons. The van der Waals surface area contributed by atoms with Crippen molar-refractivity contribution >= 4 is 5.91 Å². The molecule has 2 heterocycles. The smallest absolute Gasteiger partial charge is 0.225 e. The zero-order valence-corrected chi connectivity index (χ0v) is 13.4. The summed E-state index contributed by atoms with van der Waals surface area (Å²) in [5, 5.41) is 0. The molecule has 4 nitrogen and oxygen atoms in total. The summed E-state index contributed by atoms with van der Waals surface area (Å²) >= 11 is 0. The van der Waals surface area contributed by atoms with Gasteiger partial charge in [-0.05, 0) is 30.9 Å². The lowest BCUT2D eigenvalue weighted by Crippen LogP contribution is -2.41. The third-order valence-electron chi connectivity index (χ3n) is 4.69. The van der Waals surface area contributed by atoms with E-state index in [0.29, 0.717) is 51.5 Å². The van der Waals surface area contributed by atoms with Gasteiger partial charge in [0.05, 0.1) is 13.2 Å². The Labute approximate surface area is 136 Å². The number of amides is 1. The van der Waals surface area contributed by atoms with E-state index in [9.17, 15) is 9.18 Å². The van der Waals surface area contributed by atoms with Gasteiger partial charge < -0.3 is 14.4 Å². The van der Waals surface area contributed by atoms with E-state index in [1.807, 2.05) is 17.0 Å². The number of benzene rings is 1. The fraction of sp³-hybridized carbons (Fsp3) is 0.611. The quantitative estimate of drug-likeness (QED) is 0.857. The third kappa shape index (κ3) is 4.30. The number of ether oxygens (including phenoxy) is 2. The van der Waals surface area contributed by atoms with Gasteiger partial charge in [0.25, 0.3) is 0 Å². The van der Waals surface area contributed by atoms with E-state index < -0.39 is 0 Å². The topological polar surface area (TPSA) is 38.8 Å². The van der Waals surface area contributed by atoms with Gasteiger partial charge >= 0.3 is 0 Å². The van der Waals surface area contributed by atoms with Gasteiger partial charge in [0, 0.05) is 38.1 Å². The molecular weight excluding hydrogens is 297 g/mol. The Morgan fingerprint density at radius 1 is 1.17 bits per heavy atom. The summed E-state index contributed by atoms with van der Waals surface area (Å²) in [4.78, 5) is 14.6. The molecule has 1 aromatic carbocycles. The number of nitrogens with zero attached hydrogens (tertiary/aromatic N) is 1. The van der Waals surface area contributed by atoms with Crippen molar-refractivity contribution in [1.29, 1.82) is 0 Å². The summed E-state index contributed by atoms with van der Waals surface area (Å²) in [5.41, 5.74) is 0.696. The van der Waals surface area contributed by atoms with Crippen LogP contribution in [0.15, 0.2) is 24.3 Å². The van der Waals surface area contributed by atoms with Crippen LogP contribution in [0.4, 0.5) is 4.39 Å². The van der Waals surface area contributed by atoms with Crippen LogP contribution in [0.3, 0.4) is 0 Å². The minimum atomic E-state index is -0.181. The molecule has 1 aromatic rings. The molecule has 0 N–H and O–H groups in total. The lowest BCUT2D eigenvalue weighted by atomic mass is 9.96. The zero-order valence-electron chi connectivity index (χ0n) is 13.4. The van der Waals surface area contributed by atoms with Gasteiger partial charge in [0.2, 0.25) is 5.91 Å². The van der Waals surface area contributed by atoms with Crippen molar-refractivity contribution in [3.05, 3.63) is 35.6 Å². The monoisotopic (exact) mass is 321 g/mol. The maximum Gasteiger partial charge on any atom is 0.225 e. The summed E-state index contributed by atoms with van der Waals surface area (Å²) < 4.78 is 24.8. The summed E-state index contributed by atoms with van der Waals surface area (Å²) in [6.07, 6.45) is 2.20. The molecule has 2 aliphatic rings. The van der Waals surface area contributed by atoms with E-state index in [4.69, 9.17) is 9.47 Å². The van der Waals surface area contributed by atoms with E-state index in [1.54, 1.807) is 6.07 Å². The van der Waals surface area contributed by atoms with Gasteiger partial charge in [-0.25, -0.2) is 4.39 Å². The molecule has 2 saturated heterocycles. The van der Waals surface area contributed by atoms with Gasteiger partial charge in [-0.2, -0.15) is 0 Å². The average molecular weight is 321 g/mol. The van der Waals surface area contributed by atoms with Crippen LogP contribution in [0.25, 0.3) is 0 Å². The molecule has 0 saturated carbocycles. The lowest BCUT2D eigenvalue weighted by Gasteiger charge is -2.29. The van der Waals surface area contributed by atoms with Crippen LogP contribution < -0.4 is 0 Å². The molecule has 5 heteroatoms. The van der Waals surface area contributed by atoms with Crippen LogP contribution in [-0.4, -0.2) is 50.3 Å². The van der Waals surface area contributed by atoms with E-state index >= 15 is 0 Å². The first-order valence-electron chi connectivity index (χ1n) is 8.41. The minimum Gasteiger partial charge on any atom is -0.381 e. The Hall–Kier alpha value is -1.46. The summed E-state index contributed by atoms with van der Waals surface area (Å²) in [6, 6.07) is 6.84. The van der Waals surface area contributed by atoms with Crippen LogP contribution in [0.5, 0.6) is 0 Å². The number of carbonyl (C=O) groups excluding carboxylic acids is 1. The predicted octanol–water partition coefficient (Wildman–Crippen LogP) is 2.27. The largest absolute Gasteiger partial charge is 0.381 e. The molecule has 0 spiro atoms. The molecule has 3 rings (SSSR count). The molecule has 0 aromatic heterocycles. The second-order valence-corrected chi connectivity index (χ2v) is 6.41. The van der Waals surface area contributed by atoms with E-state index in [-0.39, 0.29) is 23.6 Å². The maximum absolute atomic E-state index is 13.9. The molecular formula is C18H24FNO3.